The molecule has 5 nitrogen and oxygen atoms in total. The molecule has 3 aliphatic heterocycles. The molecule has 6 rings (SSSR count). The van der Waals surface area contributed by atoms with Crippen molar-refractivity contribution in [2.45, 2.75) is 41.9 Å². The number of piperidine rings is 3. The number of quaternary nitrogens is 1. The third kappa shape index (κ3) is 4.13. The van der Waals surface area contributed by atoms with Crippen LogP contribution in [0.4, 0.5) is 13.2 Å². The van der Waals surface area contributed by atoms with E-state index < -0.39 is 26.3 Å². The van der Waals surface area contributed by atoms with Gasteiger partial charge in [0.15, 0.2) is 0 Å². The molecule has 3 fully saturated rings. The van der Waals surface area contributed by atoms with E-state index in [-0.39, 0.29) is 12.0 Å². The van der Waals surface area contributed by atoms with Gasteiger partial charge >= 0.3 is 5.51 Å². The molecule has 9 heteroatoms. The number of halogens is 3. The molecule has 190 valence electrons. The molecule has 3 saturated heterocycles. The van der Waals surface area contributed by atoms with Crippen molar-refractivity contribution in [2.75, 3.05) is 13.1 Å². The van der Waals surface area contributed by atoms with Crippen molar-refractivity contribution in [1.29, 1.82) is 0 Å². The number of nitrogens with zero attached hydrogens (tertiary/aromatic N) is 2. The summed E-state index contributed by atoms with van der Waals surface area (Å²) in [5.74, 6) is 0.691. The lowest BCUT2D eigenvalue weighted by Gasteiger charge is -2.58. The van der Waals surface area contributed by atoms with Crippen molar-refractivity contribution in [1.82, 2.24) is 4.98 Å². The number of benzene rings is 2. The topological polar surface area (TPSA) is 67.3 Å². The minimum atomic E-state index is -5.40. The van der Waals surface area contributed by atoms with E-state index in [9.17, 15) is 26.7 Å². The maximum Gasteiger partial charge on any atom is 0.501 e. The van der Waals surface area contributed by atoms with Gasteiger partial charge in [0.1, 0.15) is 18.7 Å². The number of pyridine rings is 1. The number of aromatic nitrogens is 1. The van der Waals surface area contributed by atoms with Crippen molar-refractivity contribution >= 4 is 20.7 Å². The van der Waals surface area contributed by atoms with Crippen molar-refractivity contribution in [3.8, 4) is 0 Å². The molecule has 4 heterocycles. The van der Waals surface area contributed by atoms with Gasteiger partial charge in [-0.3, -0.25) is 4.98 Å². The Labute approximate surface area is 208 Å². The number of alkyl halides is 3. The van der Waals surface area contributed by atoms with Crippen molar-refractivity contribution in [2.24, 2.45) is 11.8 Å². The second-order valence-corrected chi connectivity index (χ2v) is 11.9. The molecule has 2 aromatic carbocycles. The van der Waals surface area contributed by atoms with Crippen LogP contribution in [0.5, 0.6) is 0 Å². The highest BCUT2D eigenvalue weighted by Crippen LogP contribution is 2.48. The van der Waals surface area contributed by atoms with Gasteiger partial charge in [-0.1, -0.05) is 36.4 Å². The van der Waals surface area contributed by atoms with Crippen LogP contribution >= 0.6 is 0 Å². The first-order valence-corrected chi connectivity index (χ1v) is 13.4. The molecule has 0 saturated carbocycles. The molecule has 36 heavy (non-hydrogen) atoms. The SMILES string of the molecule is C=CC1C[N+]2(Cc3ccc(S(=O)(=O)C(F)(F)F)cc3)CCC1CC2[C@@H](O)c1ccnc2ccccc12. The zero-order valence-corrected chi connectivity index (χ0v) is 20.4. The minimum absolute atomic E-state index is 0.121. The highest BCUT2D eigenvalue weighted by molar-refractivity contribution is 7.92. The second-order valence-electron chi connectivity index (χ2n) is 9.99. The standard InChI is InChI=1S/C27H28F3N2O3S/c1-2-19-17-32(16-18-7-9-21(10-8-18)36(34,35)27(28,29)30)14-12-20(19)15-25(32)26(33)23-11-13-31-24-6-4-3-5-22(23)24/h2-11,13,19-20,25-26,33H,1,12,14-17H2/q+1/t19?,20?,25?,26-,32?/m0/s1. The molecular formula is C27H28F3N2O3S+. The summed E-state index contributed by atoms with van der Waals surface area (Å²) in [5, 5.41) is 12.6. The lowest BCUT2D eigenvalue weighted by molar-refractivity contribution is -0.984. The molecule has 2 bridgehead atoms. The summed E-state index contributed by atoms with van der Waals surface area (Å²) in [4.78, 5) is 3.65. The summed E-state index contributed by atoms with van der Waals surface area (Å²) in [5.41, 5.74) is -2.99. The van der Waals surface area contributed by atoms with E-state index in [4.69, 9.17) is 0 Å². The fourth-order valence-corrected chi connectivity index (χ4v) is 7.00. The number of hydrogen-bond acceptors (Lipinski definition) is 4. The van der Waals surface area contributed by atoms with Gasteiger partial charge < -0.3 is 9.59 Å². The predicted octanol–water partition coefficient (Wildman–Crippen LogP) is 5.17. The van der Waals surface area contributed by atoms with E-state index in [0.717, 1.165) is 60.1 Å². The van der Waals surface area contributed by atoms with Gasteiger partial charge in [0, 0.05) is 35.9 Å². The van der Waals surface area contributed by atoms with Gasteiger partial charge in [-0.15, -0.1) is 6.58 Å². The lowest BCUT2D eigenvalue weighted by atomic mass is 9.71. The Morgan fingerprint density at radius 2 is 1.86 bits per heavy atom. The molecule has 0 radical (unpaired) electrons. The van der Waals surface area contributed by atoms with Crippen molar-refractivity contribution in [3.63, 3.8) is 0 Å². The Balaban J connectivity index is 1.50. The maximum absolute atomic E-state index is 13.0. The Kier molecular flexibility index (Phi) is 6.21. The quantitative estimate of drug-likeness (QED) is 0.362. The van der Waals surface area contributed by atoms with Crippen molar-refractivity contribution in [3.05, 3.63) is 84.6 Å². The van der Waals surface area contributed by atoms with Gasteiger partial charge in [0.25, 0.3) is 9.84 Å². The number of sulfone groups is 1. The number of para-hydroxylation sites is 1. The fourth-order valence-electron chi connectivity index (χ4n) is 6.24. The van der Waals surface area contributed by atoms with Crippen LogP contribution in [0.15, 0.2) is 78.3 Å². The number of aliphatic hydroxyl groups excluding tert-OH is 1. The largest absolute Gasteiger partial charge is 0.501 e. The van der Waals surface area contributed by atoms with Crippen LogP contribution in [0.1, 0.15) is 30.1 Å². The number of rotatable bonds is 6. The van der Waals surface area contributed by atoms with Crippen LogP contribution < -0.4 is 0 Å². The van der Waals surface area contributed by atoms with E-state index in [1.165, 1.54) is 12.1 Å². The van der Waals surface area contributed by atoms with E-state index in [1.54, 1.807) is 6.20 Å². The van der Waals surface area contributed by atoms with Crippen LogP contribution in [0, 0.1) is 11.8 Å². The van der Waals surface area contributed by atoms with Crippen LogP contribution in [0.2, 0.25) is 0 Å². The molecule has 5 atom stereocenters. The molecule has 1 N–H and O–H groups in total. The Morgan fingerprint density at radius 1 is 1.14 bits per heavy atom. The van der Waals surface area contributed by atoms with Gasteiger partial charge in [0.2, 0.25) is 0 Å². The first kappa shape index (κ1) is 24.9. The lowest BCUT2D eigenvalue weighted by Crippen LogP contribution is -2.67. The summed E-state index contributed by atoms with van der Waals surface area (Å²) in [6.45, 7) is 6.09. The van der Waals surface area contributed by atoms with Crippen LogP contribution in [0.3, 0.4) is 0 Å². The van der Waals surface area contributed by atoms with Crippen LogP contribution in [-0.4, -0.2) is 47.6 Å². The van der Waals surface area contributed by atoms with Gasteiger partial charge in [-0.25, -0.2) is 8.42 Å². The monoisotopic (exact) mass is 517 g/mol. The fraction of sp³-hybridized carbons (Fsp3) is 0.370. The highest BCUT2D eigenvalue weighted by Gasteiger charge is 2.54. The zero-order valence-electron chi connectivity index (χ0n) is 19.6. The van der Waals surface area contributed by atoms with Crippen LogP contribution in [0.25, 0.3) is 10.9 Å². The summed E-state index contributed by atoms with van der Waals surface area (Å²) < 4.78 is 63.1. The molecular weight excluding hydrogens is 489 g/mol. The van der Waals surface area contributed by atoms with Gasteiger partial charge in [0.05, 0.1) is 23.5 Å². The second kappa shape index (κ2) is 8.97. The highest BCUT2D eigenvalue weighted by atomic mass is 32.2. The minimum Gasteiger partial charge on any atom is -0.382 e. The molecule has 0 aliphatic carbocycles. The summed E-state index contributed by atoms with van der Waals surface area (Å²) in [7, 11) is -5.40. The number of hydrogen-bond donors (Lipinski definition) is 1. The van der Waals surface area contributed by atoms with Crippen molar-refractivity contribution < 1.29 is 31.2 Å². The summed E-state index contributed by atoms with van der Waals surface area (Å²) in [6, 6.07) is 14.4. The van der Waals surface area contributed by atoms with E-state index in [0.29, 0.717) is 16.9 Å². The molecule has 1 aromatic heterocycles. The zero-order chi connectivity index (χ0) is 25.7. The molecule has 3 aliphatic rings. The first-order valence-electron chi connectivity index (χ1n) is 12.0. The third-order valence-electron chi connectivity index (χ3n) is 8.08. The summed E-state index contributed by atoms with van der Waals surface area (Å²) >= 11 is 0. The van der Waals surface area contributed by atoms with E-state index in [2.05, 4.69) is 11.6 Å². The normalized spacial score (nSPS) is 27.2. The number of fused-ring (bicyclic) bond motifs is 4. The Bertz CT molecular complexity index is 1390. The summed E-state index contributed by atoms with van der Waals surface area (Å²) in [6.07, 6.45) is 4.69. The Hall–Kier alpha value is -2.75. The molecule has 3 aromatic rings. The maximum atomic E-state index is 13.0. The predicted molar refractivity (Wildman–Crippen MR) is 130 cm³/mol. The van der Waals surface area contributed by atoms with Gasteiger partial charge in [-0.2, -0.15) is 13.2 Å². The van der Waals surface area contributed by atoms with Crippen LogP contribution in [-0.2, 0) is 16.4 Å². The first-order chi connectivity index (χ1) is 17.1. The average molecular weight is 518 g/mol. The van der Waals surface area contributed by atoms with E-state index >= 15 is 0 Å². The molecule has 4 unspecified atom stereocenters. The molecule has 0 spiro atoms. The Morgan fingerprint density at radius 3 is 2.56 bits per heavy atom. The van der Waals surface area contributed by atoms with Gasteiger partial charge in [-0.05, 0) is 35.7 Å². The molecule has 0 amide bonds. The number of aliphatic hydroxyl groups is 1. The average Bonchev–Trinajstić information content (AvgIpc) is 2.87. The smallest absolute Gasteiger partial charge is 0.382 e. The third-order valence-corrected chi connectivity index (χ3v) is 9.58. The van der Waals surface area contributed by atoms with E-state index in [1.807, 2.05) is 36.4 Å².